The molecule has 0 saturated carbocycles. The van der Waals surface area contributed by atoms with Gasteiger partial charge in [0.1, 0.15) is 0 Å². The summed E-state index contributed by atoms with van der Waals surface area (Å²) < 4.78 is 11.2. The fourth-order valence-corrected chi connectivity index (χ4v) is 2.97. The van der Waals surface area contributed by atoms with Gasteiger partial charge in [0.25, 0.3) is 0 Å². The van der Waals surface area contributed by atoms with E-state index >= 15 is 0 Å². The maximum absolute atomic E-state index is 11.2. The van der Waals surface area contributed by atoms with E-state index in [0.717, 1.165) is 37.7 Å². The number of hydrogen-bond donors (Lipinski definition) is 1. The highest BCUT2D eigenvalue weighted by Crippen LogP contribution is 2.07. The first-order valence-corrected chi connectivity index (χ1v) is 7.52. The summed E-state index contributed by atoms with van der Waals surface area (Å²) in [7, 11) is -0.543. The summed E-state index contributed by atoms with van der Waals surface area (Å²) in [5, 5.41) is 3.43. The highest BCUT2D eigenvalue weighted by Gasteiger charge is 2.19. The van der Waals surface area contributed by atoms with E-state index in [9.17, 15) is 4.21 Å². The summed E-state index contributed by atoms with van der Waals surface area (Å²) in [6.07, 6.45) is 2.41. The Morgan fingerprint density at radius 2 is 2.00 bits per heavy atom. The van der Waals surface area contributed by atoms with Crippen molar-refractivity contribution in [1.29, 1.82) is 0 Å². The van der Waals surface area contributed by atoms with Gasteiger partial charge in [-0.25, -0.2) is 0 Å². The first-order chi connectivity index (χ1) is 7.24. The predicted molar refractivity (Wildman–Crippen MR) is 66.7 cm³/mol. The smallest absolute Gasteiger partial charge is 0.0363 e. The number of nitrogens with one attached hydrogen (secondary N) is 1. The number of nitrogens with zero attached hydrogens (tertiary/aromatic N) is 1. The van der Waals surface area contributed by atoms with Crippen molar-refractivity contribution in [3.8, 4) is 0 Å². The summed E-state index contributed by atoms with van der Waals surface area (Å²) in [6, 6.07) is 0.631. The van der Waals surface area contributed by atoms with Crippen LogP contribution in [0.5, 0.6) is 0 Å². The second-order valence-corrected chi connectivity index (χ2v) is 5.97. The zero-order valence-corrected chi connectivity index (χ0v) is 10.8. The highest BCUT2D eigenvalue weighted by atomic mass is 32.2. The van der Waals surface area contributed by atoms with Crippen LogP contribution in [-0.2, 0) is 10.8 Å². The third-order valence-electron chi connectivity index (χ3n) is 3.00. The van der Waals surface area contributed by atoms with Gasteiger partial charge in [0.05, 0.1) is 0 Å². The Kier molecular flexibility index (Phi) is 6.45. The summed E-state index contributed by atoms with van der Waals surface area (Å²) in [5.74, 6) is 1.74. The summed E-state index contributed by atoms with van der Waals surface area (Å²) in [6.45, 7) is 8.73. The molecule has 1 fully saturated rings. The van der Waals surface area contributed by atoms with E-state index in [2.05, 4.69) is 24.1 Å². The molecule has 1 heterocycles. The van der Waals surface area contributed by atoms with Crippen LogP contribution in [0.4, 0.5) is 0 Å². The van der Waals surface area contributed by atoms with Crippen LogP contribution in [0.2, 0.25) is 0 Å². The molecule has 0 radical (unpaired) electrons. The van der Waals surface area contributed by atoms with Gasteiger partial charge in [0.15, 0.2) is 0 Å². The third kappa shape index (κ3) is 5.09. The predicted octanol–water partition coefficient (Wildman–Crippen LogP) is 0.829. The molecule has 0 bridgehead atoms. The molecule has 15 heavy (non-hydrogen) atoms. The molecule has 0 spiro atoms. The van der Waals surface area contributed by atoms with E-state index in [1.807, 2.05) is 0 Å². The van der Waals surface area contributed by atoms with Crippen LogP contribution in [0.1, 0.15) is 26.7 Å². The zero-order chi connectivity index (χ0) is 11.1. The second-order valence-electron chi connectivity index (χ2n) is 4.27. The van der Waals surface area contributed by atoms with E-state index in [1.165, 1.54) is 12.8 Å². The van der Waals surface area contributed by atoms with Gasteiger partial charge in [-0.2, -0.15) is 0 Å². The molecule has 90 valence electrons. The van der Waals surface area contributed by atoms with Crippen molar-refractivity contribution in [3.63, 3.8) is 0 Å². The molecule has 1 rings (SSSR count). The van der Waals surface area contributed by atoms with E-state index < -0.39 is 10.8 Å². The lowest BCUT2D eigenvalue weighted by atomic mass is 10.2. The lowest BCUT2D eigenvalue weighted by Gasteiger charge is -2.32. The Bertz CT molecular complexity index is 189. The van der Waals surface area contributed by atoms with Crippen molar-refractivity contribution in [3.05, 3.63) is 0 Å². The first-order valence-electron chi connectivity index (χ1n) is 6.03. The van der Waals surface area contributed by atoms with Crippen LogP contribution >= 0.6 is 0 Å². The van der Waals surface area contributed by atoms with Gasteiger partial charge in [-0.15, -0.1) is 0 Å². The topological polar surface area (TPSA) is 32.3 Å². The van der Waals surface area contributed by atoms with E-state index in [0.29, 0.717) is 6.04 Å². The molecule has 0 aliphatic carbocycles. The van der Waals surface area contributed by atoms with Crippen LogP contribution in [0.25, 0.3) is 0 Å². The van der Waals surface area contributed by atoms with E-state index in [4.69, 9.17) is 0 Å². The highest BCUT2D eigenvalue weighted by molar-refractivity contribution is 7.85. The Balaban J connectivity index is 2.11. The number of hydrogen-bond acceptors (Lipinski definition) is 3. The van der Waals surface area contributed by atoms with Crippen molar-refractivity contribution >= 4 is 10.8 Å². The molecule has 1 aliphatic rings. The SMILES string of the molecule is CCCNCCC(C)N1CCS(=O)CC1. The van der Waals surface area contributed by atoms with Gasteiger partial charge in [0, 0.05) is 41.4 Å². The molecule has 1 atom stereocenters. The minimum Gasteiger partial charge on any atom is -0.317 e. The largest absolute Gasteiger partial charge is 0.317 e. The zero-order valence-electron chi connectivity index (χ0n) is 10.00. The fraction of sp³-hybridized carbons (Fsp3) is 1.00. The van der Waals surface area contributed by atoms with Crippen LogP contribution in [0.3, 0.4) is 0 Å². The van der Waals surface area contributed by atoms with Crippen LogP contribution in [0, 0.1) is 0 Å². The average molecular weight is 232 g/mol. The van der Waals surface area contributed by atoms with E-state index in [-0.39, 0.29) is 0 Å². The minimum atomic E-state index is -0.543. The van der Waals surface area contributed by atoms with Crippen molar-refractivity contribution in [1.82, 2.24) is 10.2 Å². The average Bonchev–Trinajstić information content (AvgIpc) is 2.25. The van der Waals surface area contributed by atoms with Crippen LogP contribution in [-0.4, -0.2) is 52.8 Å². The van der Waals surface area contributed by atoms with Gasteiger partial charge in [0.2, 0.25) is 0 Å². The molecule has 0 aromatic carbocycles. The Morgan fingerprint density at radius 3 is 2.60 bits per heavy atom. The normalized spacial score (nSPS) is 21.7. The molecule has 1 unspecified atom stereocenters. The Morgan fingerprint density at radius 1 is 1.33 bits per heavy atom. The monoisotopic (exact) mass is 232 g/mol. The van der Waals surface area contributed by atoms with Crippen LogP contribution < -0.4 is 5.32 Å². The van der Waals surface area contributed by atoms with Crippen molar-refractivity contribution < 1.29 is 4.21 Å². The third-order valence-corrected chi connectivity index (χ3v) is 4.28. The van der Waals surface area contributed by atoms with Gasteiger partial charge in [-0.3, -0.25) is 9.11 Å². The summed E-state index contributed by atoms with van der Waals surface area (Å²) in [4.78, 5) is 2.47. The summed E-state index contributed by atoms with van der Waals surface area (Å²) in [5.41, 5.74) is 0. The molecule has 0 aromatic rings. The Hall–Kier alpha value is 0.0700. The quantitative estimate of drug-likeness (QED) is 0.689. The molecule has 0 aromatic heterocycles. The molecule has 4 heteroatoms. The van der Waals surface area contributed by atoms with Gasteiger partial charge in [-0.1, -0.05) is 6.92 Å². The minimum absolute atomic E-state index is 0.543. The van der Waals surface area contributed by atoms with Crippen LogP contribution in [0.15, 0.2) is 0 Å². The van der Waals surface area contributed by atoms with Crippen molar-refractivity contribution in [2.75, 3.05) is 37.7 Å². The lowest BCUT2D eigenvalue weighted by molar-refractivity contribution is 0.217. The summed E-state index contributed by atoms with van der Waals surface area (Å²) >= 11 is 0. The maximum atomic E-state index is 11.2. The maximum Gasteiger partial charge on any atom is 0.0363 e. The molecular weight excluding hydrogens is 208 g/mol. The second kappa shape index (κ2) is 7.36. The fourth-order valence-electron chi connectivity index (χ4n) is 1.89. The number of rotatable bonds is 6. The standard InChI is InChI=1S/C11H24N2OS/c1-3-5-12-6-4-11(2)13-7-9-15(14)10-8-13/h11-12H,3-10H2,1-2H3. The van der Waals surface area contributed by atoms with Gasteiger partial charge < -0.3 is 5.32 Å². The molecule has 3 nitrogen and oxygen atoms in total. The lowest BCUT2D eigenvalue weighted by Crippen LogP contribution is -2.44. The molecule has 1 saturated heterocycles. The molecular formula is C11H24N2OS. The van der Waals surface area contributed by atoms with E-state index in [1.54, 1.807) is 0 Å². The van der Waals surface area contributed by atoms with Gasteiger partial charge >= 0.3 is 0 Å². The molecule has 0 amide bonds. The van der Waals surface area contributed by atoms with Gasteiger partial charge in [-0.05, 0) is 32.9 Å². The Labute approximate surface area is 96.1 Å². The molecule has 1 aliphatic heterocycles. The van der Waals surface area contributed by atoms with Crippen molar-refractivity contribution in [2.24, 2.45) is 0 Å². The molecule has 1 N–H and O–H groups in total. The first kappa shape index (κ1) is 13.1. The van der Waals surface area contributed by atoms with Crippen molar-refractivity contribution in [2.45, 2.75) is 32.7 Å².